The van der Waals surface area contributed by atoms with Crippen molar-refractivity contribution in [3.05, 3.63) is 18.2 Å². The molecule has 0 fully saturated rings. The molecule has 0 saturated carbocycles. The summed E-state index contributed by atoms with van der Waals surface area (Å²) in [5, 5.41) is 12.3. The average Bonchev–Trinajstić information content (AvgIpc) is 2.38. The molecular formula is C14H24N2O2. The highest BCUT2D eigenvalue weighted by Crippen LogP contribution is 2.25. The van der Waals surface area contributed by atoms with Crippen molar-refractivity contribution < 1.29 is 9.84 Å². The largest absolute Gasteiger partial charge is 0.492 e. The van der Waals surface area contributed by atoms with E-state index < -0.39 is 0 Å². The molecule has 0 spiro atoms. The summed E-state index contributed by atoms with van der Waals surface area (Å²) in [7, 11) is 0. The predicted molar refractivity (Wildman–Crippen MR) is 76.0 cm³/mol. The third kappa shape index (κ3) is 4.45. The molecule has 4 heteroatoms. The van der Waals surface area contributed by atoms with Crippen LogP contribution in [0.4, 0.5) is 11.4 Å². The Bertz CT molecular complexity index is 356. The maximum Gasteiger partial charge on any atom is 0.144 e. The SMILES string of the molecule is CCOc1cc(NCC(CC)CCO)ccc1N. The first-order chi connectivity index (χ1) is 8.71. The molecule has 0 amide bonds. The van der Waals surface area contributed by atoms with Gasteiger partial charge in [0.2, 0.25) is 0 Å². The first-order valence-corrected chi connectivity index (χ1v) is 6.58. The number of nitrogens with one attached hydrogen (secondary N) is 1. The van der Waals surface area contributed by atoms with E-state index >= 15 is 0 Å². The Kier molecular flexibility index (Phi) is 6.36. The van der Waals surface area contributed by atoms with Crippen molar-refractivity contribution >= 4 is 11.4 Å². The van der Waals surface area contributed by atoms with Gasteiger partial charge in [0.1, 0.15) is 5.75 Å². The summed E-state index contributed by atoms with van der Waals surface area (Å²) in [6.07, 6.45) is 1.89. The zero-order chi connectivity index (χ0) is 13.4. The quantitative estimate of drug-likeness (QED) is 0.622. The molecule has 1 unspecified atom stereocenters. The normalized spacial score (nSPS) is 12.2. The van der Waals surface area contributed by atoms with E-state index in [-0.39, 0.29) is 6.61 Å². The average molecular weight is 252 g/mol. The molecule has 1 aromatic rings. The number of hydrogen-bond donors (Lipinski definition) is 3. The Morgan fingerprint density at radius 2 is 2.17 bits per heavy atom. The van der Waals surface area contributed by atoms with E-state index in [1.165, 1.54) is 0 Å². The van der Waals surface area contributed by atoms with Gasteiger partial charge in [0.15, 0.2) is 0 Å². The smallest absolute Gasteiger partial charge is 0.144 e. The van der Waals surface area contributed by atoms with Gasteiger partial charge in [0, 0.05) is 24.9 Å². The summed E-state index contributed by atoms with van der Waals surface area (Å²) in [6, 6.07) is 5.72. The Morgan fingerprint density at radius 3 is 2.78 bits per heavy atom. The predicted octanol–water partition coefficient (Wildman–Crippen LogP) is 2.49. The third-order valence-electron chi connectivity index (χ3n) is 3.02. The summed E-state index contributed by atoms with van der Waals surface area (Å²) in [5.41, 5.74) is 7.48. The van der Waals surface area contributed by atoms with Gasteiger partial charge in [-0.2, -0.15) is 0 Å². The zero-order valence-corrected chi connectivity index (χ0v) is 11.3. The molecule has 1 atom stereocenters. The second kappa shape index (κ2) is 7.82. The fourth-order valence-corrected chi connectivity index (χ4v) is 1.82. The molecule has 4 nitrogen and oxygen atoms in total. The number of ether oxygens (including phenoxy) is 1. The first-order valence-electron chi connectivity index (χ1n) is 6.58. The van der Waals surface area contributed by atoms with Crippen molar-refractivity contribution in [2.45, 2.75) is 26.7 Å². The standard InChI is InChI=1S/C14H24N2O2/c1-3-11(7-8-17)10-16-12-5-6-13(15)14(9-12)18-4-2/h5-6,9,11,16-17H,3-4,7-8,10,15H2,1-2H3. The van der Waals surface area contributed by atoms with E-state index in [2.05, 4.69) is 12.2 Å². The summed E-state index contributed by atoms with van der Waals surface area (Å²) in [4.78, 5) is 0. The van der Waals surface area contributed by atoms with Crippen LogP contribution in [0.25, 0.3) is 0 Å². The number of aliphatic hydroxyl groups excluding tert-OH is 1. The van der Waals surface area contributed by atoms with E-state index in [9.17, 15) is 0 Å². The zero-order valence-electron chi connectivity index (χ0n) is 11.3. The van der Waals surface area contributed by atoms with E-state index in [0.29, 0.717) is 18.2 Å². The minimum atomic E-state index is 0.242. The Hall–Kier alpha value is -1.42. The lowest BCUT2D eigenvalue weighted by Crippen LogP contribution is -2.15. The fraction of sp³-hybridized carbons (Fsp3) is 0.571. The molecule has 18 heavy (non-hydrogen) atoms. The minimum Gasteiger partial charge on any atom is -0.492 e. The highest BCUT2D eigenvalue weighted by atomic mass is 16.5. The fourth-order valence-electron chi connectivity index (χ4n) is 1.82. The molecule has 0 aromatic heterocycles. The van der Waals surface area contributed by atoms with Crippen LogP contribution in [-0.4, -0.2) is 24.9 Å². The minimum absolute atomic E-state index is 0.242. The van der Waals surface area contributed by atoms with Crippen molar-refractivity contribution in [3.8, 4) is 5.75 Å². The number of aliphatic hydroxyl groups is 1. The molecule has 0 aliphatic rings. The topological polar surface area (TPSA) is 67.5 Å². The van der Waals surface area contributed by atoms with E-state index in [0.717, 1.165) is 30.8 Å². The van der Waals surface area contributed by atoms with Crippen molar-refractivity contribution in [1.82, 2.24) is 0 Å². The van der Waals surface area contributed by atoms with Gasteiger partial charge in [0.25, 0.3) is 0 Å². The molecular weight excluding hydrogens is 228 g/mol. The van der Waals surface area contributed by atoms with Crippen LogP contribution >= 0.6 is 0 Å². The Labute approximate surface area is 109 Å². The van der Waals surface area contributed by atoms with Crippen LogP contribution in [0.15, 0.2) is 18.2 Å². The molecule has 0 radical (unpaired) electrons. The van der Waals surface area contributed by atoms with Gasteiger partial charge in [-0.1, -0.05) is 13.3 Å². The number of benzene rings is 1. The van der Waals surface area contributed by atoms with Crippen molar-refractivity contribution in [2.75, 3.05) is 30.8 Å². The number of rotatable bonds is 8. The van der Waals surface area contributed by atoms with Crippen LogP contribution in [0.3, 0.4) is 0 Å². The monoisotopic (exact) mass is 252 g/mol. The van der Waals surface area contributed by atoms with Crippen LogP contribution in [0.5, 0.6) is 5.75 Å². The van der Waals surface area contributed by atoms with Gasteiger partial charge in [-0.05, 0) is 31.4 Å². The maximum atomic E-state index is 8.95. The van der Waals surface area contributed by atoms with Crippen molar-refractivity contribution in [1.29, 1.82) is 0 Å². The van der Waals surface area contributed by atoms with Crippen LogP contribution in [0.2, 0.25) is 0 Å². The molecule has 0 bridgehead atoms. The van der Waals surface area contributed by atoms with Gasteiger partial charge in [-0.15, -0.1) is 0 Å². The summed E-state index contributed by atoms with van der Waals surface area (Å²) < 4.78 is 5.45. The van der Waals surface area contributed by atoms with Gasteiger partial charge in [-0.3, -0.25) is 0 Å². The highest BCUT2D eigenvalue weighted by molar-refractivity contribution is 5.61. The second-order valence-corrected chi connectivity index (χ2v) is 4.35. The molecule has 4 N–H and O–H groups in total. The first kappa shape index (κ1) is 14.6. The second-order valence-electron chi connectivity index (χ2n) is 4.35. The summed E-state index contributed by atoms with van der Waals surface area (Å²) in [5.74, 6) is 1.21. The lowest BCUT2D eigenvalue weighted by Gasteiger charge is -2.16. The van der Waals surface area contributed by atoms with E-state index in [1.807, 2.05) is 25.1 Å². The summed E-state index contributed by atoms with van der Waals surface area (Å²) >= 11 is 0. The highest BCUT2D eigenvalue weighted by Gasteiger charge is 2.06. The maximum absolute atomic E-state index is 8.95. The molecule has 1 aromatic carbocycles. The van der Waals surface area contributed by atoms with E-state index in [4.69, 9.17) is 15.6 Å². The van der Waals surface area contributed by atoms with Crippen LogP contribution in [-0.2, 0) is 0 Å². The number of nitrogen functional groups attached to an aromatic ring is 1. The Balaban J connectivity index is 2.58. The van der Waals surface area contributed by atoms with Crippen LogP contribution < -0.4 is 15.8 Å². The molecule has 1 rings (SSSR count). The van der Waals surface area contributed by atoms with Gasteiger partial charge >= 0.3 is 0 Å². The van der Waals surface area contributed by atoms with Gasteiger partial charge < -0.3 is 20.9 Å². The van der Waals surface area contributed by atoms with Gasteiger partial charge in [-0.25, -0.2) is 0 Å². The molecule has 0 aliphatic carbocycles. The number of anilines is 2. The Morgan fingerprint density at radius 1 is 1.39 bits per heavy atom. The van der Waals surface area contributed by atoms with Crippen LogP contribution in [0, 0.1) is 5.92 Å². The summed E-state index contributed by atoms with van der Waals surface area (Å²) in [6.45, 7) is 5.78. The van der Waals surface area contributed by atoms with Gasteiger partial charge in [0.05, 0.1) is 12.3 Å². The molecule has 0 saturated heterocycles. The lowest BCUT2D eigenvalue weighted by atomic mass is 10.0. The molecule has 0 heterocycles. The van der Waals surface area contributed by atoms with Crippen molar-refractivity contribution in [3.63, 3.8) is 0 Å². The van der Waals surface area contributed by atoms with E-state index in [1.54, 1.807) is 0 Å². The third-order valence-corrected chi connectivity index (χ3v) is 3.02. The van der Waals surface area contributed by atoms with Crippen molar-refractivity contribution in [2.24, 2.45) is 5.92 Å². The lowest BCUT2D eigenvalue weighted by molar-refractivity contribution is 0.258. The number of hydrogen-bond acceptors (Lipinski definition) is 4. The number of nitrogens with two attached hydrogens (primary N) is 1. The molecule has 0 aliphatic heterocycles. The molecule has 102 valence electrons. The van der Waals surface area contributed by atoms with Crippen LogP contribution in [0.1, 0.15) is 26.7 Å².